The van der Waals surface area contributed by atoms with Gasteiger partial charge in [-0.3, -0.25) is 9.78 Å². The number of aromatic nitrogens is 2. The van der Waals surface area contributed by atoms with Gasteiger partial charge in [-0.15, -0.1) is 0 Å². The van der Waals surface area contributed by atoms with E-state index in [1.54, 1.807) is 6.20 Å². The van der Waals surface area contributed by atoms with Crippen LogP contribution < -0.4 is 11.1 Å². The van der Waals surface area contributed by atoms with Crippen molar-refractivity contribution in [3.63, 3.8) is 0 Å². The summed E-state index contributed by atoms with van der Waals surface area (Å²) in [5, 5.41) is 3.19. The maximum atomic E-state index is 11.0. The number of carbonyl (C=O) groups is 1. The van der Waals surface area contributed by atoms with E-state index in [1.807, 2.05) is 0 Å². The minimum atomic E-state index is -0.558. The molecule has 3 N–H and O–H groups in total. The molecule has 1 amide bonds. The first-order chi connectivity index (χ1) is 10.1. The summed E-state index contributed by atoms with van der Waals surface area (Å²) in [6.45, 7) is 3.99. The van der Waals surface area contributed by atoms with Gasteiger partial charge in [0.05, 0.1) is 12.4 Å². The zero-order valence-corrected chi connectivity index (χ0v) is 12.7. The lowest BCUT2D eigenvalue weighted by Crippen LogP contribution is -2.43. The summed E-state index contributed by atoms with van der Waals surface area (Å²) < 4.78 is 0. The molecule has 116 valence electrons. The van der Waals surface area contributed by atoms with E-state index >= 15 is 0 Å². The van der Waals surface area contributed by atoms with Crippen molar-refractivity contribution in [2.24, 2.45) is 5.73 Å². The zero-order chi connectivity index (χ0) is 15.2. The molecule has 1 aromatic rings. The second-order valence-corrected chi connectivity index (χ2v) is 5.62. The Morgan fingerprint density at radius 1 is 1.43 bits per heavy atom. The van der Waals surface area contributed by atoms with Crippen molar-refractivity contribution < 1.29 is 4.79 Å². The molecule has 0 aromatic carbocycles. The van der Waals surface area contributed by atoms with E-state index in [1.165, 1.54) is 19.0 Å². The monoisotopic (exact) mass is 292 g/mol. The van der Waals surface area contributed by atoms with Crippen LogP contribution in [-0.4, -0.2) is 72.0 Å². The number of amides is 1. The molecule has 2 heterocycles. The summed E-state index contributed by atoms with van der Waals surface area (Å²) in [7, 11) is 4.29. The SMILES string of the molecule is CN(C)C1CCN(CCNc2cncc(C(N)=O)n2)CC1. The van der Waals surface area contributed by atoms with Crippen molar-refractivity contribution in [2.75, 3.05) is 45.6 Å². The molecule has 0 spiro atoms. The smallest absolute Gasteiger partial charge is 0.268 e. The Hall–Kier alpha value is -1.73. The van der Waals surface area contributed by atoms with E-state index in [0.717, 1.165) is 26.2 Å². The zero-order valence-electron chi connectivity index (χ0n) is 12.7. The summed E-state index contributed by atoms with van der Waals surface area (Å²) in [6.07, 6.45) is 5.40. The fraction of sp³-hybridized carbons (Fsp3) is 0.643. The molecule has 1 aliphatic rings. The van der Waals surface area contributed by atoms with Crippen LogP contribution >= 0.6 is 0 Å². The molecular weight excluding hydrogens is 268 g/mol. The number of primary amides is 1. The average molecular weight is 292 g/mol. The second kappa shape index (κ2) is 7.33. The molecule has 1 saturated heterocycles. The van der Waals surface area contributed by atoms with E-state index in [0.29, 0.717) is 11.9 Å². The van der Waals surface area contributed by atoms with E-state index < -0.39 is 5.91 Å². The van der Waals surface area contributed by atoms with Crippen LogP contribution in [0.15, 0.2) is 12.4 Å². The van der Waals surface area contributed by atoms with Crippen LogP contribution in [0.4, 0.5) is 5.82 Å². The molecule has 7 nitrogen and oxygen atoms in total. The predicted octanol–water partition coefficient (Wildman–Crippen LogP) is 0.0134. The third kappa shape index (κ3) is 4.64. The fourth-order valence-electron chi connectivity index (χ4n) is 2.57. The number of nitrogens with two attached hydrogens (primary N) is 1. The molecule has 0 radical (unpaired) electrons. The molecule has 1 aromatic heterocycles. The molecule has 1 fully saturated rings. The minimum absolute atomic E-state index is 0.187. The van der Waals surface area contributed by atoms with Gasteiger partial charge in [-0.05, 0) is 40.0 Å². The highest BCUT2D eigenvalue weighted by Crippen LogP contribution is 2.13. The van der Waals surface area contributed by atoms with Gasteiger partial charge in [0.1, 0.15) is 11.5 Å². The highest BCUT2D eigenvalue weighted by atomic mass is 16.1. The number of anilines is 1. The largest absolute Gasteiger partial charge is 0.367 e. The van der Waals surface area contributed by atoms with Gasteiger partial charge in [0, 0.05) is 19.1 Å². The Balaban J connectivity index is 1.73. The Bertz CT molecular complexity index is 470. The second-order valence-electron chi connectivity index (χ2n) is 5.62. The van der Waals surface area contributed by atoms with Gasteiger partial charge in [0.2, 0.25) is 0 Å². The number of hydrogen-bond acceptors (Lipinski definition) is 6. The van der Waals surface area contributed by atoms with Crippen molar-refractivity contribution in [2.45, 2.75) is 18.9 Å². The van der Waals surface area contributed by atoms with Gasteiger partial charge >= 0.3 is 0 Å². The van der Waals surface area contributed by atoms with Crippen LogP contribution in [0, 0.1) is 0 Å². The molecular formula is C14H24N6O. The van der Waals surface area contributed by atoms with E-state index in [-0.39, 0.29) is 5.69 Å². The number of hydrogen-bond donors (Lipinski definition) is 2. The van der Waals surface area contributed by atoms with Crippen LogP contribution in [0.2, 0.25) is 0 Å². The third-order valence-electron chi connectivity index (χ3n) is 3.91. The maximum absolute atomic E-state index is 11.0. The number of likely N-dealkylation sites (tertiary alicyclic amines) is 1. The summed E-state index contributed by atoms with van der Waals surface area (Å²) >= 11 is 0. The molecule has 0 bridgehead atoms. The van der Waals surface area contributed by atoms with Gasteiger partial charge in [0.25, 0.3) is 5.91 Å². The summed E-state index contributed by atoms with van der Waals surface area (Å²) in [5.41, 5.74) is 5.37. The number of nitrogens with zero attached hydrogens (tertiary/aromatic N) is 4. The first-order valence-corrected chi connectivity index (χ1v) is 7.31. The lowest BCUT2D eigenvalue weighted by atomic mass is 10.0. The average Bonchev–Trinajstić information content (AvgIpc) is 2.48. The van der Waals surface area contributed by atoms with Crippen LogP contribution in [0.25, 0.3) is 0 Å². The number of nitrogens with one attached hydrogen (secondary N) is 1. The van der Waals surface area contributed by atoms with Gasteiger partial charge in [-0.2, -0.15) is 0 Å². The van der Waals surface area contributed by atoms with Gasteiger partial charge in [-0.1, -0.05) is 0 Å². The molecule has 1 aliphatic heterocycles. The number of rotatable bonds is 6. The number of carbonyl (C=O) groups excluding carboxylic acids is 1. The van der Waals surface area contributed by atoms with Crippen LogP contribution in [0.5, 0.6) is 0 Å². The first-order valence-electron chi connectivity index (χ1n) is 7.31. The van der Waals surface area contributed by atoms with Crippen LogP contribution in [0.1, 0.15) is 23.3 Å². The normalized spacial score (nSPS) is 17.1. The van der Waals surface area contributed by atoms with Crippen LogP contribution in [0.3, 0.4) is 0 Å². The Morgan fingerprint density at radius 2 is 2.14 bits per heavy atom. The first kappa shape index (κ1) is 15.7. The summed E-state index contributed by atoms with van der Waals surface area (Å²) in [6, 6.07) is 0.701. The third-order valence-corrected chi connectivity index (χ3v) is 3.91. The van der Waals surface area contributed by atoms with Crippen molar-refractivity contribution in [1.29, 1.82) is 0 Å². The lowest BCUT2D eigenvalue weighted by molar-refractivity contribution is 0.0995. The van der Waals surface area contributed by atoms with Crippen molar-refractivity contribution in [3.05, 3.63) is 18.1 Å². The Labute approximate surface area is 125 Å². The Kier molecular flexibility index (Phi) is 5.46. The van der Waals surface area contributed by atoms with E-state index in [2.05, 4.69) is 39.2 Å². The molecule has 0 unspecified atom stereocenters. The summed E-state index contributed by atoms with van der Waals surface area (Å²) in [4.78, 5) is 23.9. The maximum Gasteiger partial charge on any atom is 0.268 e. The van der Waals surface area contributed by atoms with Gasteiger partial charge in [0.15, 0.2) is 0 Å². The Morgan fingerprint density at radius 3 is 2.76 bits per heavy atom. The highest BCUT2D eigenvalue weighted by molar-refractivity contribution is 5.90. The van der Waals surface area contributed by atoms with Gasteiger partial charge in [-0.25, -0.2) is 4.98 Å². The fourth-order valence-corrected chi connectivity index (χ4v) is 2.57. The topological polar surface area (TPSA) is 87.4 Å². The predicted molar refractivity (Wildman–Crippen MR) is 82.2 cm³/mol. The molecule has 0 atom stereocenters. The van der Waals surface area contributed by atoms with Crippen molar-refractivity contribution >= 4 is 11.7 Å². The van der Waals surface area contributed by atoms with Crippen LogP contribution in [-0.2, 0) is 0 Å². The molecule has 7 heteroatoms. The molecule has 0 saturated carbocycles. The van der Waals surface area contributed by atoms with Crippen molar-refractivity contribution in [3.8, 4) is 0 Å². The lowest BCUT2D eigenvalue weighted by Gasteiger charge is -2.35. The minimum Gasteiger partial charge on any atom is -0.367 e. The molecule has 21 heavy (non-hydrogen) atoms. The quantitative estimate of drug-likeness (QED) is 0.768. The standard InChI is InChI=1S/C14H24N6O/c1-19(2)11-3-6-20(7-4-11)8-5-17-13-10-16-9-12(18-13)14(15)21/h9-11H,3-8H2,1-2H3,(H2,15,21)(H,17,18). The van der Waals surface area contributed by atoms with Gasteiger partial charge < -0.3 is 20.9 Å². The van der Waals surface area contributed by atoms with E-state index in [9.17, 15) is 4.79 Å². The number of piperidine rings is 1. The van der Waals surface area contributed by atoms with E-state index in [4.69, 9.17) is 5.73 Å². The molecule has 0 aliphatic carbocycles. The highest BCUT2D eigenvalue weighted by Gasteiger charge is 2.19. The molecule has 2 rings (SSSR count). The summed E-state index contributed by atoms with van der Waals surface area (Å²) in [5.74, 6) is 0.0337. The van der Waals surface area contributed by atoms with Crippen molar-refractivity contribution in [1.82, 2.24) is 19.8 Å².